The van der Waals surface area contributed by atoms with Crippen molar-refractivity contribution in [1.82, 2.24) is 9.88 Å². The first kappa shape index (κ1) is 19.3. The molecule has 0 saturated heterocycles. The number of halogens is 2. The Balaban J connectivity index is 1.72. The highest BCUT2D eigenvalue weighted by molar-refractivity contribution is 7.13. The van der Waals surface area contributed by atoms with Gasteiger partial charge in [0.1, 0.15) is 28.9 Å². The number of rotatable bonds is 6. The Morgan fingerprint density at radius 2 is 2.00 bits per heavy atom. The molecule has 7 heteroatoms. The summed E-state index contributed by atoms with van der Waals surface area (Å²) in [7, 11) is 1.70. The maximum absolute atomic E-state index is 14.5. The van der Waals surface area contributed by atoms with E-state index in [-0.39, 0.29) is 5.91 Å². The number of ether oxygens (including phenoxy) is 1. The molecule has 0 unspecified atom stereocenters. The molecular weight excluding hydrogens is 387 g/mol. The highest BCUT2D eigenvalue weighted by atomic mass is 35.5. The molecule has 1 heterocycles. The van der Waals surface area contributed by atoms with Crippen LogP contribution in [0.1, 0.15) is 23.0 Å². The lowest BCUT2D eigenvalue weighted by molar-refractivity contribution is 0.0797. The molecule has 0 N–H and O–H groups in total. The Morgan fingerprint density at radius 3 is 2.67 bits per heavy atom. The van der Waals surface area contributed by atoms with Gasteiger partial charge in [0.15, 0.2) is 0 Å². The summed E-state index contributed by atoms with van der Waals surface area (Å²) in [4.78, 5) is 18.0. The Kier molecular flexibility index (Phi) is 6.08. The van der Waals surface area contributed by atoms with Gasteiger partial charge in [0.25, 0.3) is 5.91 Å². The fraction of sp³-hybridized carbons (Fsp3) is 0.200. The van der Waals surface area contributed by atoms with E-state index in [9.17, 15) is 9.18 Å². The van der Waals surface area contributed by atoms with Crippen LogP contribution in [0.4, 0.5) is 4.39 Å². The molecular formula is C20H18ClFN2O2S. The van der Waals surface area contributed by atoms with Crippen LogP contribution in [0.2, 0.25) is 5.02 Å². The van der Waals surface area contributed by atoms with Crippen LogP contribution in [-0.4, -0.2) is 29.4 Å². The normalized spacial score (nSPS) is 10.7. The molecule has 4 nitrogen and oxygen atoms in total. The molecule has 0 radical (unpaired) electrons. The van der Waals surface area contributed by atoms with Gasteiger partial charge < -0.3 is 9.64 Å². The summed E-state index contributed by atoms with van der Waals surface area (Å²) in [5.41, 5.74) is 1.60. The summed E-state index contributed by atoms with van der Waals surface area (Å²) in [6.45, 7) is 2.78. The van der Waals surface area contributed by atoms with Crippen molar-refractivity contribution in [3.05, 3.63) is 69.9 Å². The van der Waals surface area contributed by atoms with Gasteiger partial charge in [0.2, 0.25) is 0 Å². The van der Waals surface area contributed by atoms with E-state index in [1.165, 1.54) is 17.4 Å². The third-order valence-electron chi connectivity index (χ3n) is 4.03. The van der Waals surface area contributed by atoms with Gasteiger partial charge in [0, 0.05) is 35.6 Å². The van der Waals surface area contributed by atoms with Gasteiger partial charge in [-0.05, 0) is 36.8 Å². The number of hydrogen-bond acceptors (Lipinski definition) is 4. The summed E-state index contributed by atoms with van der Waals surface area (Å²) < 4.78 is 20.2. The number of benzene rings is 2. The predicted octanol–water partition coefficient (Wildman–Crippen LogP) is 5.27. The summed E-state index contributed by atoms with van der Waals surface area (Å²) in [5.74, 6) is -0.200. The number of nitrogens with zero attached hydrogens (tertiary/aromatic N) is 2. The van der Waals surface area contributed by atoms with Crippen LogP contribution in [-0.2, 0) is 6.61 Å². The molecule has 1 aromatic heterocycles. The van der Waals surface area contributed by atoms with Gasteiger partial charge in [-0.3, -0.25) is 4.79 Å². The highest BCUT2D eigenvalue weighted by Gasteiger charge is 2.17. The zero-order valence-electron chi connectivity index (χ0n) is 14.9. The van der Waals surface area contributed by atoms with E-state index in [2.05, 4.69) is 4.98 Å². The number of thiazole rings is 1. The maximum atomic E-state index is 14.5. The topological polar surface area (TPSA) is 42.4 Å². The molecule has 0 spiro atoms. The molecule has 0 saturated carbocycles. The first-order valence-electron chi connectivity index (χ1n) is 8.36. The van der Waals surface area contributed by atoms with Crippen molar-refractivity contribution in [3.8, 4) is 16.3 Å². The van der Waals surface area contributed by atoms with Crippen molar-refractivity contribution < 1.29 is 13.9 Å². The number of carbonyl (C=O) groups is 1. The third kappa shape index (κ3) is 4.64. The quantitative estimate of drug-likeness (QED) is 0.561. The van der Waals surface area contributed by atoms with Crippen LogP contribution >= 0.6 is 22.9 Å². The molecule has 3 rings (SSSR count). The summed E-state index contributed by atoms with van der Waals surface area (Å²) in [6.07, 6.45) is 0. The van der Waals surface area contributed by atoms with Crippen molar-refractivity contribution in [3.63, 3.8) is 0 Å². The van der Waals surface area contributed by atoms with Gasteiger partial charge in [-0.25, -0.2) is 9.37 Å². The van der Waals surface area contributed by atoms with Gasteiger partial charge in [-0.2, -0.15) is 0 Å². The van der Waals surface area contributed by atoms with Gasteiger partial charge >= 0.3 is 0 Å². The van der Waals surface area contributed by atoms with Crippen LogP contribution in [0.25, 0.3) is 10.6 Å². The van der Waals surface area contributed by atoms with Gasteiger partial charge in [-0.1, -0.05) is 23.7 Å². The lowest BCUT2D eigenvalue weighted by atomic mass is 10.2. The average molecular weight is 405 g/mol. The van der Waals surface area contributed by atoms with Crippen molar-refractivity contribution in [2.75, 3.05) is 13.6 Å². The summed E-state index contributed by atoms with van der Waals surface area (Å²) in [6, 6.07) is 11.9. The Labute approximate surface area is 166 Å². The molecule has 0 aliphatic heterocycles. The van der Waals surface area contributed by atoms with E-state index < -0.39 is 5.82 Å². The van der Waals surface area contributed by atoms with E-state index in [1.807, 2.05) is 19.1 Å². The molecule has 0 fully saturated rings. The molecule has 2 aromatic carbocycles. The van der Waals surface area contributed by atoms with Crippen LogP contribution in [0.5, 0.6) is 5.75 Å². The minimum atomic E-state index is -0.444. The fourth-order valence-corrected chi connectivity index (χ4v) is 3.29. The Bertz CT molecular complexity index is 943. The molecule has 0 aliphatic rings. The standard InChI is InChI=1S/C20H18ClFN2O2S/c1-3-24(2)20(25)18-12-27-19(23-18)16-9-8-15(10-17(16)22)26-11-13-4-6-14(21)7-5-13/h4-10,12H,3,11H2,1-2H3. The smallest absolute Gasteiger partial charge is 0.273 e. The van der Waals surface area contributed by atoms with Crippen LogP contribution < -0.4 is 4.74 Å². The monoisotopic (exact) mass is 404 g/mol. The molecule has 27 heavy (non-hydrogen) atoms. The van der Waals surface area contributed by atoms with E-state index in [4.69, 9.17) is 16.3 Å². The molecule has 140 valence electrons. The zero-order valence-corrected chi connectivity index (χ0v) is 16.5. The molecule has 1 amide bonds. The largest absolute Gasteiger partial charge is 0.489 e. The van der Waals surface area contributed by atoms with Crippen LogP contribution in [0.3, 0.4) is 0 Å². The predicted molar refractivity (Wildman–Crippen MR) is 106 cm³/mol. The zero-order chi connectivity index (χ0) is 19.4. The molecule has 3 aromatic rings. The maximum Gasteiger partial charge on any atom is 0.273 e. The summed E-state index contributed by atoms with van der Waals surface area (Å²) >= 11 is 7.09. The summed E-state index contributed by atoms with van der Waals surface area (Å²) in [5, 5.41) is 2.76. The molecule has 0 bridgehead atoms. The van der Waals surface area contributed by atoms with Gasteiger partial charge in [0.05, 0.1) is 0 Å². The second kappa shape index (κ2) is 8.50. The minimum Gasteiger partial charge on any atom is -0.489 e. The lowest BCUT2D eigenvalue weighted by Crippen LogP contribution is -2.26. The fourth-order valence-electron chi connectivity index (χ4n) is 2.34. The van der Waals surface area contributed by atoms with E-state index >= 15 is 0 Å². The second-order valence-corrected chi connectivity index (χ2v) is 7.21. The van der Waals surface area contributed by atoms with Crippen molar-refractivity contribution in [1.29, 1.82) is 0 Å². The van der Waals surface area contributed by atoms with Crippen LogP contribution in [0, 0.1) is 5.82 Å². The SMILES string of the molecule is CCN(C)C(=O)c1csc(-c2ccc(OCc3ccc(Cl)cc3)cc2F)n1. The van der Waals surface area contributed by atoms with E-state index in [0.717, 1.165) is 5.56 Å². The van der Waals surface area contributed by atoms with Crippen molar-refractivity contribution in [2.24, 2.45) is 0 Å². The van der Waals surface area contributed by atoms with E-state index in [1.54, 1.807) is 41.6 Å². The highest BCUT2D eigenvalue weighted by Crippen LogP contribution is 2.29. The first-order chi connectivity index (χ1) is 13.0. The minimum absolute atomic E-state index is 0.177. The number of hydrogen-bond donors (Lipinski definition) is 0. The van der Waals surface area contributed by atoms with Crippen molar-refractivity contribution in [2.45, 2.75) is 13.5 Å². The number of aromatic nitrogens is 1. The van der Waals surface area contributed by atoms with Crippen molar-refractivity contribution >= 4 is 28.8 Å². The van der Waals surface area contributed by atoms with E-state index in [0.29, 0.717) is 40.2 Å². The van der Waals surface area contributed by atoms with Gasteiger partial charge in [-0.15, -0.1) is 11.3 Å². The number of amides is 1. The third-order valence-corrected chi connectivity index (χ3v) is 5.16. The van der Waals surface area contributed by atoms with Crippen LogP contribution in [0.15, 0.2) is 47.8 Å². The lowest BCUT2D eigenvalue weighted by Gasteiger charge is -2.11. The average Bonchev–Trinajstić information content (AvgIpc) is 3.16. The Hall–Kier alpha value is -2.44. The molecule has 0 atom stereocenters. The Morgan fingerprint density at radius 1 is 1.26 bits per heavy atom. The first-order valence-corrected chi connectivity index (χ1v) is 9.62. The second-order valence-electron chi connectivity index (χ2n) is 5.91. The number of carbonyl (C=O) groups excluding carboxylic acids is 1. The molecule has 0 aliphatic carbocycles.